The number of aromatic hydroxyl groups is 1. The normalized spacial score (nSPS) is 10.7. The highest BCUT2D eigenvalue weighted by Crippen LogP contribution is 2.21. The number of nitrogen functional groups attached to an aromatic ring is 1. The van der Waals surface area contributed by atoms with E-state index in [-0.39, 0.29) is 5.75 Å². The third-order valence-corrected chi connectivity index (χ3v) is 3.30. The number of anilines is 2. The molecule has 0 aliphatic carbocycles. The van der Waals surface area contributed by atoms with E-state index >= 15 is 0 Å². The van der Waals surface area contributed by atoms with Gasteiger partial charge in [-0.15, -0.1) is 0 Å². The Morgan fingerprint density at radius 3 is 2.67 bits per heavy atom. The maximum absolute atomic E-state index is 9.26. The van der Waals surface area contributed by atoms with E-state index in [0.717, 1.165) is 35.2 Å². The number of nitrogens with zero attached hydrogens (tertiary/aromatic N) is 2. The Morgan fingerprint density at radius 1 is 1.05 bits per heavy atom. The molecule has 1 aromatic heterocycles. The van der Waals surface area contributed by atoms with Crippen molar-refractivity contribution in [3.8, 4) is 5.75 Å². The van der Waals surface area contributed by atoms with Crippen molar-refractivity contribution in [2.45, 2.75) is 6.42 Å². The molecule has 4 N–H and O–H groups in total. The maximum Gasteiger partial charge on any atom is 0.137 e. The molecule has 21 heavy (non-hydrogen) atoms. The number of hydrogen-bond acceptors (Lipinski definition) is 5. The predicted octanol–water partition coefficient (Wildman–Crippen LogP) is 2.57. The molecule has 5 nitrogen and oxygen atoms in total. The van der Waals surface area contributed by atoms with E-state index in [1.807, 2.05) is 30.3 Å². The van der Waals surface area contributed by atoms with Gasteiger partial charge in [0.15, 0.2) is 0 Å². The van der Waals surface area contributed by atoms with Gasteiger partial charge in [0.2, 0.25) is 0 Å². The van der Waals surface area contributed by atoms with Crippen LogP contribution in [-0.2, 0) is 6.42 Å². The fraction of sp³-hybridized carbons (Fsp3) is 0.125. The number of fused-ring (bicyclic) bond motifs is 1. The minimum absolute atomic E-state index is 0.281. The molecule has 0 saturated heterocycles. The summed E-state index contributed by atoms with van der Waals surface area (Å²) in [5.41, 5.74) is 8.53. The van der Waals surface area contributed by atoms with Gasteiger partial charge in [-0.3, -0.25) is 0 Å². The van der Waals surface area contributed by atoms with E-state index in [9.17, 15) is 5.11 Å². The second-order valence-corrected chi connectivity index (χ2v) is 4.84. The number of phenolic OH excluding ortho intramolecular Hbond substituents is 1. The molecule has 0 aliphatic heterocycles. The van der Waals surface area contributed by atoms with Crippen LogP contribution in [0, 0.1) is 0 Å². The van der Waals surface area contributed by atoms with E-state index in [4.69, 9.17) is 5.73 Å². The molecular weight excluding hydrogens is 264 g/mol. The van der Waals surface area contributed by atoms with E-state index < -0.39 is 0 Å². The van der Waals surface area contributed by atoms with Crippen molar-refractivity contribution < 1.29 is 5.11 Å². The molecule has 5 heteroatoms. The van der Waals surface area contributed by atoms with Crippen LogP contribution in [0.25, 0.3) is 10.9 Å². The summed E-state index contributed by atoms with van der Waals surface area (Å²) in [4.78, 5) is 8.50. The van der Waals surface area contributed by atoms with Crippen LogP contribution >= 0.6 is 0 Å². The van der Waals surface area contributed by atoms with Crippen LogP contribution in [0.15, 0.2) is 48.8 Å². The minimum atomic E-state index is 0.281. The lowest BCUT2D eigenvalue weighted by atomic mass is 10.1. The lowest BCUT2D eigenvalue weighted by Crippen LogP contribution is -2.07. The molecule has 2 aromatic carbocycles. The zero-order valence-electron chi connectivity index (χ0n) is 11.5. The third-order valence-electron chi connectivity index (χ3n) is 3.30. The largest absolute Gasteiger partial charge is 0.508 e. The summed E-state index contributed by atoms with van der Waals surface area (Å²) < 4.78 is 0. The van der Waals surface area contributed by atoms with Crippen molar-refractivity contribution in [1.82, 2.24) is 9.97 Å². The average Bonchev–Trinajstić information content (AvgIpc) is 2.50. The summed E-state index contributed by atoms with van der Waals surface area (Å²) in [7, 11) is 0. The van der Waals surface area contributed by atoms with Crippen LogP contribution in [-0.4, -0.2) is 21.6 Å². The predicted molar refractivity (Wildman–Crippen MR) is 84.3 cm³/mol. The number of phenols is 1. The Morgan fingerprint density at radius 2 is 1.86 bits per heavy atom. The summed E-state index contributed by atoms with van der Waals surface area (Å²) in [5, 5.41) is 13.5. The van der Waals surface area contributed by atoms with Gasteiger partial charge in [0.05, 0.1) is 5.52 Å². The Kier molecular flexibility index (Phi) is 3.55. The van der Waals surface area contributed by atoms with Gasteiger partial charge in [-0.05, 0) is 42.3 Å². The van der Waals surface area contributed by atoms with Crippen LogP contribution < -0.4 is 11.1 Å². The number of hydrogen-bond donors (Lipinski definition) is 3. The lowest BCUT2D eigenvalue weighted by molar-refractivity contribution is 0.475. The molecule has 3 aromatic rings. The third kappa shape index (κ3) is 3.02. The summed E-state index contributed by atoms with van der Waals surface area (Å²) >= 11 is 0. The van der Waals surface area contributed by atoms with Crippen molar-refractivity contribution in [3.05, 3.63) is 54.4 Å². The standard InChI is InChI=1S/C16H16N4O/c17-12-3-6-15-14(9-12)16(20-10-19-15)18-8-7-11-1-4-13(21)5-2-11/h1-6,9-10,21H,7-8,17H2,(H,18,19,20). The number of rotatable bonds is 4. The van der Waals surface area contributed by atoms with Gasteiger partial charge in [0.1, 0.15) is 17.9 Å². The number of benzene rings is 2. The van der Waals surface area contributed by atoms with E-state index in [1.54, 1.807) is 18.5 Å². The highest BCUT2D eigenvalue weighted by molar-refractivity contribution is 5.91. The van der Waals surface area contributed by atoms with Crippen LogP contribution in [0.3, 0.4) is 0 Å². The number of aromatic nitrogens is 2. The molecule has 0 aliphatic rings. The van der Waals surface area contributed by atoms with Crippen LogP contribution in [0.5, 0.6) is 5.75 Å². The van der Waals surface area contributed by atoms with Crippen LogP contribution in [0.2, 0.25) is 0 Å². The molecular formula is C16H16N4O. The highest BCUT2D eigenvalue weighted by atomic mass is 16.3. The Balaban J connectivity index is 1.73. The molecule has 3 rings (SSSR count). The monoisotopic (exact) mass is 280 g/mol. The molecule has 0 spiro atoms. The van der Waals surface area contributed by atoms with Crippen molar-refractivity contribution in [1.29, 1.82) is 0 Å². The zero-order chi connectivity index (χ0) is 14.7. The second-order valence-electron chi connectivity index (χ2n) is 4.84. The first-order valence-corrected chi connectivity index (χ1v) is 6.74. The molecule has 0 radical (unpaired) electrons. The van der Waals surface area contributed by atoms with Gasteiger partial charge in [-0.1, -0.05) is 12.1 Å². The van der Waals surface area contributed by atoms with E-state index in [1.165, 1.54) is 0 Å². The molecule has 0 fully saturated rings. The first-order valence-electron chi connectivity index (χ1n) is 6.74. The molecule has 106 valence electrons. The summed E-state index contributed by atoms with van der Waals surface area (Å²) in [6.45, 7) is 0.742. The van der Waals surface area contributed by atoms with Crippen LogP contribution in [0.4, 0.5) is 11.5 Å². The first-order chi connectivity index (χ1) is 10.2. The lowest BCUT2D eigenvalue weighted by Gasteiger charge is -2.09. The Bertz CT molecular complexity index is 756. The fourth-order valence-corrected chi connectivity index (χ4v) is 2.20. The number of nitrogens with one attached hydrogen (secondary N) is 1. The molecule has 0 atom stereocenters. The van der Waals surface area contributed by atoms with Gasteiger partial charge in [-0.25, -0.2) is 9.97 Å². The van der Waals surface area contributed by atoms with Gasteiger partial charge < -0.3 is 16.2 Å². The Hall–Kier alpha value is -2.82. The smallest absolute Gasteiger partial charge is 0.137 e. The SMILES string of the molecule is Nc1ccc2ncnc(NCCc3ccc(O)cc3)c2c1. The summed E-state index contributed by atoms with van der Waals surface area (Å²) in [6.07, 6.45) is 2.38. The minimum Gasteiger partial charge on any atom is -0.508 e. The quantitative estimate of drug-likeness (QED) is 0.640. The summed E-state index contributed by atoms with van der Waals surface area (Å²) in [6, 6.07) is 12.8. The second kappa shape index (κ2) is 5.66. The maximum atomic E-state index is 9.26. The number of nitrogens with two attached hydrogens (primary N) is 1. The average molecular weight is 280 g/mol. The highest BCUT2D eigenvalue weighted by Gasteiger charge is 2.03. The fourth-order valence-electron chi connectivity index (χ4n) is 2.20. The first kappa shape index (κ1) is 13.2. The van der Waals surface area contributed by atoms with E-state index in [2.05, 4.69) is 15.3 Å². The van der Waals surface area contributed by atoms with Gasteiger partial charge in [0.25, 0.3) is 0 Å². The van der Waals surface area contributed by atoms with Gasteiger partial charge in [-0.2, -0.15) is 0 Å². The van der Waals surface area contributed by atoms with Crippen molar-refractivity contribution >= 4 is 22.4 Å². The van der Waals surface area contributed by atoms with Crippen molar-refractivity contribution in [2.24, 2.45) is 0 Å². The molecule has 1 heterocycles. The molecule has 0 amide bonds. The molecule has 0 bridgehead atoms. The van der Waals surface area contributed by atoms with Crippen LogP contribution in [0.1, 0.15) is 5.56 Å². The topological polar surface area (TPSA) is 84.1 Å². The van der Waals surface area contributed by atoms with Crippen molar-refractivity contribution in [3.63, 3.8) is 0 Å². The van der Waals surface area contributed by atoms with Crippen molar-refractivity contribution in [2.75, 3.05) is 17.6 Å². The van der Waals surface area contributed by atoms with Gasteiger partial charge >= 0.3 is 0 Å². The molecule has 0 unspecified atom stereocenters. The van der Waals surface area contributed by atoms with E-state index in [0.29, 0.717) is 5.69 Å². The zero-order valence-corrected chi connectivity index (χ0v) is 11.5. The van der Waals surface area contributed by atoms with Gasteiger partial charge in [0, 0.05) is 17.6 Å². The summed E-state index contributed by atoms with van der Waals surface area (Å²) in [5.74, 6) is 1.06. The molecule has 0 saturated carbocycles. The Labute approximate surface area is 122 Å².